The highest BCUT2D eigenvalue weighted by Gasteiger charge is 2.19. The molecule has 0 spiro atoms. The SMILES string of the molecule is COc1cccc(C(O)COc2ccc(CC(SC)C(=O)NC=O)cc2)c1.CSC(Cc1ccc(OCC(O)c2cccc(C)c2)cc1)C(=O)NC=O. The highest BCUT2D eigenvalue weighted by molar-refractivity contribution is 8.00. The van der Waals surface area contributed by atoms with Crippen molar-refractivity contribution in [2.75, 3.05) is 32.8 Å². The molecule has 0 aliphatic rings. The lowest BCUT2D eigenvalue weighted by Crippen LogP contribution is -2.32. The molecule has 0 saturated carbocycles. The predicted octanol–water partition coefficient (Wildman–Crippen LogP) is 5.01. The zero-order chi connectivity index (χ0) is 38.6. The molecule has 0 aliphatic carbocycles. The fourth-order valence-corrected chi connectivity index (χ4v) is 6.29. The average molecular weight is 763 g/mol. The molecule has 0 fully saturated rings. The van der Waals surface area contributed by atoms with Gasteiger partial charge in [0.05, 0.1) is 17.6 Å². The van der Waals surface area contributed by atoms with E-state index in [4.69, 9.17) is 14.2 Å². The fraction of sp³-hybridized carbons (Fsp3) is 0.300. The van der Waals surface area contributed by atoms with Gasteiger partial charge in [-0.25, -0.2) is 0 Å². The second-order valence-corrected chi connectivity index (χ2v) is 13.8. The molecule has 53 heavy (non-hydrogen) atoms. The van der Waals surface area contributed by atoms with Crippen molar-refractivity contribution in [3.05, 3.63) is 125 Å². The number of carbonyl (C=O) groups is 4. The van der Waals surface area contributed by atoms with E-state index >= 15 is 0 Å². The molecule has 13 heteroatoms. The lowest BCUT2D eigenvalue weighted by Gasteiger charge is -2.15. The van der Waals surface area contributed by atoms with Gasteiger partial charge in [-0.3, -0.25) is 29.8 Å². The summed E-state index contributed by atoms with van der Waals surface area (Å²) in [5, 5.41) is 24.2. The minimum absolute atomic E-state index is 0.113. The maximum Gasteiger partial charge on any atom is 0.239 e. The fourth-order valence-electron chi connectivity index (χ4n) is 5.01. The molecule has 0 saturated heterocycles. The van der Waals surface area contributed by atoms with Gasteiger partial charge in [0.1, 0.15) is 42.7 Å². The van der Waals surface area contributed by atoms with Crippen molar-refractivity contribution in [1.82, 2.24) is 10.6 Å². The summed E-state index contributed by atoms with van der Waals surface area (Å²) in [6.45, 7) is 2.26. The van der Waals surface area contributed by atoms with E-state index < -0.39 is 12.2 Å². The largest absolute Gasteiger partial charge is 0.497 e. The number of rotatable bonds is 19. The van der Waals surface area contributed by atoms with Gasteiger partial charge in [-0.2, -0.15) is 23.5 Å². The summed E-state index contributed by atoms with van der Waals surface area (Å²) in [4.78, 5) is 44.4. The number of aliphatic hydroxyl groups is 2. The Morgan fingerprint density at radius 3 is 1.49 bits per heavy atom. The van der Waals surface area contributed by atoms with E-state index in [9.17, 15) is 29.4 Å². The van der Waals surface area contributed by atoms with Gasteiger partial charge in [0, 0.05) is 0 Å². The number of hydrogen-bond acceptors (Lipinski definition) is 11. The minimum atomic E-state index is -0.771. The second kappa shape index (κ2) is 23.0. The Labute approximate surface area is 318 Å². The average Bonchev–Trinajstić information content (AvgIpc) is 3.18. The number of benzene rings is 4. The van der Waals surface area contributed by atoms with E-state index in [2.05, 4.69) is 10.6 Å². The van der Waals surface area contributed by atoms with Crippen LogP contribution in [-0.2, 0) is 32.0 Å². The van der Waals surface area contributed by atoms with Crippen molar-refractivity contribution in [3.63, 3.8) is 0 Å². The summed E-state index contributed by atoms with van der Waals surface area (Å²) in [7, 11) is 1.58. The van der Waals surface area contributed by atoms with Crippen molar-refractivity contribution < 1.29 is 43.6 Å². The van der Waals surface area contributed by atoms with Crippen LogP contribution in [-0.4, -0.2) is 78.2 Å². The van der Waals surface area contributed by atoms with Crippen LogP contribution in [0.15, 0.2) is 97.1 Å². The van der Waals surface area contributed by atoms with E-state index in [0.717, 1.165) is 27.8 Å². The smallest absolute Gasteiger partial charge is 0.239 e. The highest BCUT2D eigenvalue weighted by atomic mass is 32.2. The summed E-state index contributed by atoms with van der Waals surface area (Å²) >= 11 is 2.78. The van der Waals surface area contributed by atoms with Gasteiger partial charge in [-0.15, -0.1) is 0 Å². The summed E-state index contributed by atoms with van der Waals surface area (Å²) in [6, 6.07) is 29.6. The number of carbonyl (C=O) groups excluding carboxylic acids is 4. The molecule has 282 valence electrons. The third-order valence-corrected chi connectivity index (χ3v) is 9.87. The maximum atomic E-state index is 11.8. The number of aliphatic hydroxyl groups excluding tert-OH is 2. The Balaban J connectivity index is 0.000000286. The van der Waals surface area contributed by atoms with E-state index in [-0.39, 0.29) is 35.5 Å². The van der Waals surface area contributed by atoms with Crippen LogP contribution in [0.2, 0.25) is 0 Å². The van der Waals surface area contributed by atoms with Gasteiger partial charge in [0.25, 0.3) is 0 Å². The Hall–Kier alpha value is -4.82. The highest BCUT2D eigenvalue weighted by Crippen LogP contribution is 2.23. The third-order valence-electron chi connectivity index (χ3n) is 7.97. The Kier molecular flexibility index (Phi) is 18.5. The molecular weight excluding hydrogens is 717 g/mol. The molecule has 4 N–H and O–H groups in total. The zero-order valence-corrected chi connectivity index (χ0v) is 31.7. The number of aryl methyl sites for hydroxylation is 1. The van der Waals surface area contributed by atoms with E-state index in [1.165, 1.54) is 23.5 Å². The number of imide groups is 2. The summed E-state index contributed by atoms with van der Waals surface area (Å²) in [6.07, 6.45) is 4.03. The van der Waals surface area contributed by atoms with Crippen molar-refractivity contribution in [2.24, 2.45) is 0 Å². The quantitative estimate of drug-likeness (QED) is 0.0952. The predicted molar refractivity (Wildman–Crippen MR) is 208 cm³/mol. The Morgan fingerprint density at radius 2 is 1.09 bits per heavy atom. The first-order valence-corrected chi connectivity index (χ1v) is 19.2. The molecule has 4 rings (SSSR count). The topological polar surface area (TPSA) is 160 Å². The third kappa shape index (κ3) is 14.6. The summed E-state index contributed by atoms with van der Waals surface area (Å²) < 4.78 is 16.5. The van der Waals surface area contributed by atoms with Crippen LogP contribution in [0.1, 0.15) is 40.0 Å². The van der Waals surface area contributed by atoms with Crippen LogP contribution >= 0.6 is 23.5 Å². The van der Waals surface area contributed by atoms with Crippen molar-refractivity contribution in [3.8, 4) is 17.2 Å². The number of amides is 4. The van der Waals surface area contributed by atoms with E-state index in [1.807, 2.05) is 98.3 Å². The van der Waals surface area contributed by atoms with Crippen molar-refractivity contribution >= 4 is 48.2 Å². The molecule has 11 nitrogen and oxygen atoms in total. The molecule has 4 unspecified atom stereocenters. The molecule has 0 aliphatic heterocycles. The van der Waals surface area contributed by atoms with Crippen LogP contribution < -0.4 is 24.8 Å². The number of hydrogen-bond donors (Lipinski definition) is 4. The maximum absolute atomic E-state index is 11.8. The van der Waals surface area contributed by atoms with Crippen LogP contribution in [0.4, 0.5) is 0 Å². The van der Waals surface area contributed by atoms with Gasteiger partial charge in [-0.05, 0) is 90.9 Å². The number of thioether (sulfide) groups is 2. The monoisotopic (exact) mass is 762 g/mol. The number of ether oxygens (including phenoxy) is 3. The van der Waals surface area contributed by atoms with Gasteiger partial charge in [-0.1, -0.05) is 66.2 Å². The second-order valence-electron chi connectivity index (χ2n) is 11.7. The van der Waals surface area contributed by atoms with E-state index in [1.54, 1.807) is 25.3 Å². The Bertz CT molecular complexity index is 1740. The molecule has 4 atom stereocenters. The lowest BCUT2D eigenvalue weighted by molar-refractivity contribution is -0.126. The van der Waals surface area contributed by atoms with Crippen LogP contribution in [0.25, 0.3) is 0 Å². The minimum Gasteiger partial charge on any atom is -0.497 e. The normalized spacial score (nSPS) is 12.8. The molecule has 4 aromatic rings. The Morgan fingerprint density at radius 1 is 0.660 bits per heavy atom. The summed E-state index contributed by atoms with van der Waals surface area (Å²) in [5.74, 6) is 1.35. The van der Waals surface area contributed by atoms with Gasteiger partial charge in [0.15, 0.2) is 0 Å². The zero-order valence-electron chi connectivity index (χ0n) is 30.1. The lowest BCUT2D eigenvalue weighted by atomic mass is 10.1. The molecule has 4 aromatic carbocycles. The molecular formula is C40H46N2O9S2. The molecule has 0 heterocycles. The molecule has 4 amide bonds. The first-order valence-electron chi connectivity index (χ1n) is 16.6. The van der Waals surface area contributed by atoms with Crippen LogP contribution in [0.3, 0.4) is 0 Å². The first kappa shape index (κ1) is 42.6. The standard InChI is InChI=1S/C20H23NO5S.C20H23NO4S/c1-25-17-5-3-4-15(11-17)18(23)12-26-16-8-6-14(7-9-16)10-19(27-2)20(24)21-13-22;1-14-4-3-5-16(10-14)18(23)12-25-17-8-6-15(7-9-17)11-19(26-2)20(24)21-13-22/h3-9,11,13,18-19,23H,10,12H2,1-2H3,(H,21,22,24);3-10,13,18-19,23H,11-12H2,1-2H3,(H,21,22,24). The number of methoxy groups -OCH3 is 1. The first-order chi connectivity index (χ1) is 25.6. The number of nitrogens with one attached hydrogen (secondary N) is 2. The summed E-state index contributed by atoms with van der Waals surface area (Å²) in [5.41, 5.74) is 4.56. The van der Waals surface area contributed by atoms with Crippen LogP contribution in [0, 0.1) is 6.92 Å². The molecule has 0 bridgehead atoms. The van der Waals surface area contributed by atoms with Gasteiger partial charge >= 0.3 is 0 Å². The molecule has 0 radical (unpaired) electrons. The van der Waals surface area contributed by atoms with Crippen molar-refractivity contribution in [2.45, 2.75) is 42.5 Å². The van der Waals surface area contributed by atoms with Crippen molar-refractivity contribution in [1.29, 1.82) is 0 Å². The van der Waals surface area contributed by atoms with Gasteiger partial charge in [0.2, 0.25) is 24.6 Å². The molecule has 0 aromatic heterocycles. The van der Waals surface area contributed by atoms with E-state index in [0.29, 0.717) is 42.9 Å². The van der Waals surface area contributed by atoms with Gasteiger partial charge < -0.3 is 24.4 Å². The van der Waals surface area contributed by atoms with Crippen LogP contribution in [0.5, 0.6) is 17.2 Å².